The molecule has 1 aliphatic heterocycles. The van der Waals surface area contributed by atoms with E-state index in [2.05, 4.69) is 16.0 Å². The van der Waals surface area contributed by atoms with Gasteiger partial charge in [0, 0.05) is 54.3 Å². The van der Waals surface area contributed by atoms with Crippen LogP contribution in [-0.2, 0) is 13.1 Å². The van der Waals surface area contributed by atoms with E-state index in [0.717, 1.165) is 45.9 Å². The Morgan fingerprint density at radius 1 is 1.13 bits per heavy atom. The zero-order valence-electron chi connectivity index (χ0n) is 17.5. The molecule has 2 heterocycles. The molecule has 156 valence electrons. The van der Waals surface area contributed by atoms with Gasteiger partial charge in [-0.25, -0.2) is 0 Å². The quantitative estimate of drug-likeness (QED) is 0.686. The zero-order chi connectivity index (χ0) is 21.1. The summed E-state index contributed by atoms with van der Waals surface area (Å²) in [4.78, 5) is 6.48. The van der Waals surface area contributed by atoms with Gasteiger partial charge in [0.15, 0.2) is 11.5 Å². The third kappa shape index (κ3) is 3.91. The van der Waals surface area contributed by atoms with Crippen LogP contribution < -0.4 is 14.2 Å². The molecule has 0 fully saturated rings. The number of aromatic hydroxyl groups is 1. The number of phenolic OH excluding ortho intramolecular Hbond substituents is 1. The fourth-order valence-electron chi connectivity index (χ4n) is 3.99. The Kier molecular flexibility index (Phi) is 5.77. The summed E-state index contributed by atoms with van der Waals surface area (Å²) in [6.45, 7) is 4.61. The molecule has 6 heteroatoms. The highest BCUT2D eigenvalue weighted by atomic mass is 16.5. The minimum Gasteiger partial charge on any atom is -0.504 e. The molecule has 0 radical (unpaired) electrons. The molecule has 1 N–H and O–H groups in total. The number of nitrogens with zero attached hydrogens (tertiary/aromatic N) is 2. The second-order valence-corrected chi connectivity index (χ2v) is 7.37. The van der Waals surface area contributed by atoms with Crippen molar-refractivity contribution < 1.29 is 19.3 Å². The van der Waals surface area contributed by atoms with Crippen LogP contribution in [0.25, 0.3) is 11.1 Å². The van der Waals surface area contributed by atoms with Crippen molar-refractivity contribution >= 4 is 0 Å². The molecule has 0 atom stereocenters. The van der Waals surface area contributed by atoms with Crippen LogP contribution >= 0.6 is 0 Å². The Morgan fingerprint density at radius 2 is 2.00 bits per heavy atom. The maximum atomic E-state index is 10.6. The summed E-state index contributed by atoms with van der Waals surface area (Å²) in [5.41, 5.74) is 4.91. The van der Waals surface area contributed by atoms with Gasteiger partial charge in [-0.2, -0.15) is 0 Å². The van der Waals surface area contributed by atoms with E-state index in [-0.39, 0.29) is 5.75 Å². The summed E-state index contributed by atoms with van der Waals surface area (Å²) in [5.74, 6) is 2.37. The number of hydrogen-bond acceptors (Lipinski definition) is 6. The van der Waals surface area contributed by atoms with Crippen molar-refractivity contribution in [1.82, 2.24) is 9.88 Å². The fraction of sp³-hybridized carbons (Fsp3) is 0.292. The first-order valence-corrected chi connectivity index (χ1v) is 9.92. The van der Waals surface area contributed by atoms with E-state index in [4.69, 9.17) is 14.2 Å². The predicted molar refractivity (Wildman–Crippen MR) is 115 cm³/mol. The van der Waals surface area contributed by atoms with E-state index in [1.807, 2.05) is 31.2 Å². The van der Waals surface area contributed by atoms with E-state index in [1.165, 1.54) is 0 Å². The summed E-state index contributed by atoms with van der Waals surface area (Å²) in [6.07, 6.45) is 3.53. The van der Waals surface area contributed by atoms with Gasteiger partial charge in [-0.1, -0.05) is 12.1 Å². The summed E-state index contributed by atoms with van der Waals surface area (Å²) in [7, 11) is 3.35. The first-order valence-electron chi connectivity index (χ1n) is 9.92. The molecule has 0 aliphatic carbocycles. The molecular formula is C24H26N2O4. The van der Waals surface area contributed by atoms with Gasteiger partial charge in [0.2, 0.25) is 0 Å². The van der Waals surface area contributed by atoms with Gasteiger partial charge in [-0.3, -0.25) is 9.88 Å². The lowest BCUT2D eigenvalue weighted by Crippen LogP contribution is -2.25. The Hall–Kier alpha value is -3.25. The van der Waals surface area contributed by atoms with E-state index in [0.29, 0.717) is 25.4 Å². The SMILES string of the molecule is COc1ccc(CN2CCOc3c(O)cc(-c4cccnc4)cc3C2)c(OC)c1C. The Balaban J connectivity index is 1.64. The van der Waals surface area contributed by atoms with E-state index < -0.39 is 0 Å². The van der Waals surface area contributed by atoms with Gasteiger partial charge in [-0.05, 0) is 36.8 Å². The molecule has 1 aliphatic rings. The lowest BCUT2D eigenvalue weighted by atomic mass is 10.0. The number of methoxy groups -OCH3 is 2. The van der Waals surface area contributed by atoms with Crippen molar-refractivity contribution in [3.63, 3.8) is 0 Å². The standard InChI is InChI=1S/C24H26N2O4/c1-16-22(28-2)7-6-18(23(16)29-3)14-26-9-10-30-24-20(15-26)11-19(12-21(24)27)17-5-4-8-25-13-17/h4-8,11-13,27H,9-10,14-15H2,1-3H3. The molecule has 30 heavy (non-hydrogen) atoms. The highest BCUT2D eigenvalue weighted by Gasteiger charge is 2.21. The van der Waals surface area contributed by atoms with Crippen LogP contribution in [0.1, 0.15) is 16.7 Å². The lowest BCUT2D eigenvalue weighted by molar-refractivity contribution is 0.215. The summed E-state index contributed by atoms with van der Waals surface area (Å²) >= 11 is 0. The number of aromatic nitrogens is 1. The number of benzene rings is 2. The van der Waals surface area contributed by atoms with Crippen molar-refractivity contribution in [3.8, 4) is 34.1 Å². The molecule has 0 amide bonds. The molecule has 2 aromatic carbocycles. The number of rotatable bonds is 5. The van der Waals surface area contributed by atoms with Gasteiger partial charge < -0.3 is 19.3 Å². The van der Waals surface area contributed by atoms with Gasteiger partial charge in [0.25, 0.3) is 0 Å². The number of phenols is 1. The normalized spacial score (nSPS) is 13.8. The third-order valence-corrected chi connectivity index (χ3v) is 5.44. The van der Waals surface area contributed by atoms with Crippen LogP contribution in [-0.4, -0.2) is 42.4 Å². The van der Waals surface area contributed by atoms with Gasteiger partial charge in [-0.15, -0.1) is 0 Å². The van der Waals surface area contributed by atoms with Crippen molar-refractivity contribution in [3.05, 3.63) is 65.5 Å². The van der Waals surface area contributed by atoms with Crippen LogP contribution in [0.3, 0.4) is 0 Å². The molecule has 0 unspecified atom stereocenters. The van der Waals surface area contributed by atoms with Crippen molar-refractivity contribution in [1.29, 1.82) is 0 Å². The lowest BCUT2D eigenvalue weighted by Gasteiger charge is -2.22. The fourth-order valence-corrected chi connectivity index (χ4v) is 3.99. The number of hydrogen-bond donors (Lipinski definition) is 1. The topological polar surface area (TPSA) is 64.1 Å². The molecule has 3 aromatic rings. The van der Waals surface area contributed by atoms with E-state index >= 15 is 0 Å². The molecular weight excluding hydrogens is 380 g/mol. The number of pyridine rings is 1. The smallest absolute Gasteiger partial charge is 0.165 e. The maximum Gasteiger partial charge on any atom is 0.165 e. The van der Waals surface area contributed by atoms with Crippen LogP contribution in [0, 0.1) is 6.92 Å². The third-order valence-electron chi connectivity index (χ3n) is 5.44. The monoisotopic (exact) mass is 406 g/mol. The van der Waals surface area contributed by atoms with Crippen molar-refractivity contribution in [2.75, 3.05) is 27.4 Å². The average molecular weight is 406 g/mol. The maximum absolute atomic E-state index is 10.6. The van der Waals surface area contributed by atoms with Crippen molar-refractivity contribution in [2.45, 2.75) is 20.0 Å². The van der Waals surface area contributed by atoms with E-state index in [1.54, 1.807) is 32.7 Å². The summed E-state index contributed by atoms with van der Waals surface area (Å²) in [6, 6.07) is 11.7. The highest BCUT2D eigenvalue weighted by molar-refractivity contribution is 5.68. The Morgan fingerprint density at radius 3 is 2.73 bits per heavy atom. The molecule has 0 bridgehead atoms. The zero-order valence-corrected chi connectivity index (χ0v) is 17.5. The average Bonchev–Trinajstić information content (AvgIpc) is 2.97. The second kappa shape index (κ2) is 8.63. The summed E-state index contributed by atoms with van der Waals surface area (Å²) in [5, 5.41) is 10.6. The van der Waals surface area contributed by atoms with Crippen molar-refractivity contribution in [2.24, 2.45) is 0 Å². The molecule has 6 nitrogen and oxygen atoms in total. The molecule has 4 rings (SSSR count). The molecule has 0 spiro atoms. The van der Waals surface area contributed by atoms with Crippen LogP contribution in [0.2, 0.25) is 0 Å². The van der Waals surface area contributed by atoms with Gasteiger partial charge in [0.05, 0.1) is 14.2 Å². The first kappa shape index (κ1) is 20.0. The van der Waals surface area contributed by atoms with Crippen LogP contribution in [0.4, 0.5) is 0 Å². The number of ether oxygens (including phenoxy) is 3. The van der Waals surface area contributed by atoms with Gasteiger partial charge in [0.1, 0.15) is 18.1 Å². The molecule has 1 aromatic heterocycles. The van der Waals surface area contributed by atoms with Gasteiger partial charge >= 0.3 is 0 Å². The number of fused-ring (bicyclic) bond motifs is 1. The molecule has 0 saturated heterocycles. The molecule has 0 saturated carbocycles. The minimum atomic E-state index is 0.158. The first-order chi connectivity index (χ1) is 14.6. The Labute approximate surface area is 176 Å². The second-order valence-electron chi connectivity index (χ2n) is 7.37. The van der Waals surface area contributed by atoms with Crippen LogP contribution in [0.15, 0.2) is 48.8 Å². The Bertz CT molecular complexity index is 1040. The highest BCUT2D eigenvalue weighted by Crippen LogP contribution is 2.38. The predicted octanol–water partition coefficient (Wildman–Crippen LogP) is 4.17. The van der Waals surface area contributed by atoms with E-state index in [9.17, 15) is 5.11 Å². The largest absolute Gasteiger partial charge is 0.504 e. The minimum absolute atomic E-state index is 0.158. The van der Waals surface area contributed by atoms with Crippen LogP contribution in [0.5, 0.6) is 23.0 Å². The summed E-state index contributed by atoms with van der Waals surface area (Å²) < 4.78 is 17.0.